The van der Waals surface area contributed by atoms with Crippen LogP contribution < -0.4 is 5.32 Å². The number of nitrogens with one attached hydrogen (secondary N) is 1. The molecule has 4 heteroatoms. The highest BCUT2D eigenvalue weighted by molar-refractivity contribution is 8.00. The number of carbonyl (C=O) groups excluding carboxylic acids is 1. The van der Waals surface area contributed by atoms with Crippen LogP contribution in [-0.2, 0) is 0 Å². The van der Waals surface area contributed by atoms with Gasteiger partial charge in [-0.25, -0.2) is 0 Å². The minimum atomic E-state index is -0.00963. The van der Waals surface area contributed by atoms with E-state index in [2.05, 4.69) is 24.2 Å². The molecule has 0 atom stereocenters. The third kappa shape index (κ3) is 3.69. The number of amides is 1. The Hall–Kier alpha value is -0.610. The van der Waals surface area contributed by atoms with Crippen molar-refractivity contribution < 1.29 is 4.79 Å². The largest absolute Gasteiger partial charge is 0.351 e. The molecule has 0 radical (unpaired) electrons. The maximum absolute atomic E-state index is 12.2. The molecule has 1 aliphatic rings. The summed E-state index contributed by atoms with van der Waals surface area (Å²) >= 11 is 6.24. The lowest BCUT2D eigenvalue weighted by molar-refractivity contribution is 0.0944. The van der Waals surface area contributed by atoms with Crippen molar-refractivity contribution >= 4 is 30.3 Å². The minimum Gasteiger partial charge on any atom is -0.351 e. The number of thioether (sulfide) groups is 1. The van der Waals surface area contributed by atoms with Gasteiger partial charge in [-0.1, -0.05) is 31.4 Å². The summed E-state index contributed by atoms with van der Waals surface area (Å²) in [7, 11) is 0. The second-order valence-electron chi connectivity index (χ2n) is 5.15. The van der Waals surface area contributed by atoms with Gasteiger partial charge in [-0.05, 0) is 31.2 Å². The van der Waals surface area contributed by atoms with E-state index >= 15 is 0 Å². The van der Waals surface area contributed by atoms with Crippen molar-refractivity contribution in [2.75, 3.05) is 12.8 Å². The molecule has 0 saturated heterocycles. The molecule has 1 aliphatic carbocycles. The summed E-state index contributed by atoms with van der Waals surface area (Å²) in [4.78, 5) is 12.9. The molecular weight excluding hydrogens is 274 g/mol. The minimum absolute atomic E-state index is 0.00963. The Morgan fingerprint density at radius 1 is 1.32 bits per heavy atom. The van der Waals surface area contributed by atoms with E-state index in [0.717, 1.165) is 11.4 Å². The zero-order chi connectivity index (χ0) is 13.7. The number of hydrogen-bond acceptors (Lipinski definition) is 3. The molecule has 1 fully saturated rings. The van der Waals surface area contributed by atoms with Gasteiger partial charge in [0.25, 0.3) is 5.91 Å². The van der Waals surface area contributed by atoms with E-state index in [-0.39, 0.29) is 10.7 Å². The van der Waals surface area contributed by atoms with Crippen LogP contribution in [0.25, 0.3) is 0 Å². The van der Waals surface area contributed by atoms with Crippen molar-refractivity contribution in [2.45, 2.75) is 41.7 Å². The topological polar surface area (TPSA) is 29.1 Å². The molecule has 1 N–H and O–H groups in total. The van der Waals surface area contributed by atoms with Crippen molar-refractivity contribution in [3.05, 3.63) is 29.8 Å². The maximum Gasteiger partial charge on any atom is 0.252 e. The molecule has 19 heavy (non-hydrogen) atoms. The van der Waals surface area contributed by atoms with Crippen molar-refractivity contribution in [2.24, 2.45) is 0 Å². The third-order valence-corrected chi connectivity index (χ3v) is 5.73. The Labute approximate surface area is 125 Å². The van der Waals surface area contributed by atoms with Crippen LogP contribution in [-0.4, -0.2) is 23.5 Å². The smallest absolute Gasteiger partial charge is 0.252 e. The van der Waals surface area contributed by atoms with Crippen LogP contribution in [0.5, 0.6) is 0 Å². The second kappa shape index (κ2) is 6.71. The first-order chi connectivity index (χ1) is 9.17. The van der Waals surface area contributed by atoms with E-state index in [4.69, 9.17) is 0 Å². The monoisotopic (exact) mass is 295 g/mol. The Balaban J connectivity index is 1.98. The zero-order valence-corrected chi connectivity index (χ0v) is 13.0. The first-order valence-corrected chi connectivity index (χ1v) is 8.45. The number of benzene rings is 1. The standard InChI is InChI=1S/C15H21NOS2/c1-19-15(9-5-2-6-10-15)11-16-14(17)12-7-3-4-8-13(12)18/h3-4,7-8,18H,2,5-6,9-11H2,1H3,(H,16,17). The fourth-order valence-corrected chi connectivity index (χ4v) is 3.83. The first kappa shape index (κ1) is 14.8. The van der Waals surface area contributed by atoms with Crippen LogP contribution in [0.2, 0.25) is 0 Å². The van der Waals surface area contributed by atoms with Crippen molar-refractivity contribution in [1.82, 2.24) is 5.32 Å². The molecule has 1 aromatic rings. The molecule has 1 amide bonds. The molecule has 0 bridgehead atoms. The lowest BCUT2D eigenvalue weighted by Gasteiger charge is -2.35. The van der Waals surface area contributed by atoms with Gasteiger partial charge in [-0.2, -0.15) is 11.8 Å². The summed E-state index contributed by atoms with van der Waals surface area (Å²) < 4.78 is 0.236. The van der Waals surface area contributed by atoms with Crippen LogP contribution in [0, 0.1) is 0 Å². The maximum atomic E-state index is 12.2. The molecule has 0 spiro atoms. The molecule has 2 nitrogen and oxygen atoms in total. The quantitative estimate of drug-likeness (QED) is 0.828. The van der Waals surface area contributed by atoms with E-state index in [1.54, 1.807) is 0 Å². The van der Waals surface area contributed by atoms with E-state index in [9.17, 15) is 4.79 Å². The zero-order valence-electron chi connectivity index (χ0n) is 11.3. The van der Waals surface area contributed by atoms with Gasteiger partial charge in [-0.3, -0.25) is 4.79 Å². The lowest BCUT2D eigenvalue weighted by Crippen LogP contribution is -2.41. The third-order valence-electron chi connectivity index (χ3n) is 3.92. The molecule has 0 aliphatic heterocycles. The van der Waals surface area contributed by atoms with Crippen molar-refractivity contribution in [1.29, 1.82) is 0 Å². The Morgan fingerprint density at radius 3 is 2.63 bits per heavy atom. The highest BCUT2D eigenvalue weighted by Crippen LogP contribution is 2.38. The van der Waals surface area contributed by atoms with Crippen molar-refractivity contribution in [3.8, 4) is 0 Å². The fourth-order valence-electron chi connectivity index (χ4n) is 2.65. The van der Waals surface area contributed by atoms with Gasteiger partial charge in [0.05, 0.1) is 5.56 Å². The molecular formula is C15H21NOS2. The molecule has 2 rings (SSSR count). The predicted molar refractivity (Wildman–Crippen MR) is 85.4 cm³/mol. The van der Waals surface area contributed by atoms with Gasteiger partial charge in [0.1, 0.15) is 0 Å². The van der Waals surface area contributed by atoms with Crippen LogP contribution >= 0.6 is 24.4 Å². The molecule has 0 heterocycles. The van der Waals surface area contributed by atoms with Gasteiger partial charge >= 0.3 is 0 Å². The fraction of sp³-hybridized carbons (Fsp3) is 0.533. The summed E-state index contributed by atoms with van der Waals surface area (Å²) in [6.07, 6.45) is 8.45. The highest BCUT2D eigenvalue weighted by atomic mass is 32.2. The van der Waals surface area contributed by atoms with Crippen LogP contribution in [0.4, 0.5) is 0 Å². The lowest BCUT2D eigenvalue weighted by atomic mass is 9.88. The summed E-state index contributed by atoms with van der Waals surface area (Å²) in [5.74, 6) is -0.00963. The number of rotatable bonds is 4. The Bertz CT molecular complexity index is 442. The van der Waals surface area contributed by atoms with E-state index in [0.29, 0.717) is 5.56 Å². The average molecular weight is 295 g/mol. The normalized spacial score (nSPS) is 18.0. The Kier molecular flexibility index (Phi) is 5.22. The van der Waals surface area contributed by atoms with Gasteiger partial charge < -0.3 is 5.32 Å². The number of hydrogen-bond donors (Lipinski definition) is 2. The van der Waals surface area contributed by atoms with Gasteiger partial charge in [0, 0.05) is 16.2 Å². The number of carbonyl (C=O) groups is 1. The molecule has 0 unspecified atom stereocenters. The average Bonchev–Trinajstić information content (AvgIpc) is 2.46. The molecule has 0 aromatic heterocycles. The summed E-state index contributed by atoms with van der Waals surface area (Å²) in [6, 6.07) is 7.44. The van der Waals surface area contributed by atoms with Gasteiger partial charge in [0.2, 0.25) is 0 Å². The SMILES string of the molecule is CSC1(CNC(=O)c2ccccc2S)CCCCC1. The number of thiol groups is 1. The van der Waals surface area contributed by atoms with E-state index in [1.807, 2.05) is 36.0 Å². The van der Waals surface area contributed by atoms with E-state index in [1.165, 1.54) is 32.1 Å². The van der Waals surface area contributed by atoms with Gasteiger partial charge in [-0.15, -0.1) is 12.6 Å². The summed E-state index contributed by atoms with van der Waals surface area (Å²) in [5, 5.41) is 3.09. The first-order valence-electron chi connectivity index (χ1n) is 6.78. The van der Waals surface area contributed by atoms with Crippen LogP contribution in [0.3, 0.4) is 0 Å². The van der Waals surface area contributed by atoms with Crippen molar-refractivity contribution in [3.63, 3.8) is 0 Å². The van der Waals surface area contributed by atoms with Gasteiger partial charge in [0.15, 0.2) is 0 Å². The highest BCUT2D eigenvalue weighted by Gasteiger charge is 2.31. The van der Waals surface area contributed by atoms with E-state index < -0.39 is 0 Å². The Morgan fingerprint density at radius 2 is 2.00 bits per heavy atom. The summed E-state index contributed by atoms with van der Waals surface area (Å²) in [6.45, 7) is 0.759. The molecule has 1 aromatic carbocycles. The molecule has 104 valence electrons. The summed E-state index contributed by atoms with van der Waals surface area (Å²) in [5.41, 5.74) is 0.665. The van der Waals surface area contributed by atoms with Crippen LogP contribution in [0.15, 0.2) is 29.2 Å². The van der Waals surface area contributed by atoms with Crippen LogP contribution in [0.1, 0.15) is 42.5 Å². The predicted octanol–water partition coefficient (Wildman–Crippen LogP) is 3.77. The molecule has 1 saturated carbocycles. The second-order valence-corrected chi connectivity index (χ2v) is 6.90.